The zero-order chi connectivity index (χ0) is 13.4. The normalized spacial score (nSPS) is 11.6. The zero-order valence-corrected chi connectivity index (χ0v) is 10.1. The molecule has 0 spiro atoms. The number of oxime groups is 1. The van der Waals surface area contributed by atoms with E-state index >= 15 is 0 Å². The van der Waals surface area contributed by atoms with Crippen molar-refractivity contribution in [1.82, 2.24) is 0 Å². The Bertz CT molecular complexity index is 459. The van der Waals surface area contributed by atoms with Crippen LogP contribution in [0.3, 0.4) is 0 Å². The minimum Gasteiger partial charge on any atom is -0.463 e. The van der Waals surface area contributed by atoms with E-state index in [1.807, 2.05) is 0 Å². The molecule has 1 aromatic heterocycles. The molecule has 1 aromatic rings. The predicted molar refractivity (Wildman–Crippen MR) is 62.8 cm³/mol. The lowest BCUT2D eigenvalue weighted by Crippen LogP contribution is -2.03. The highest BCUT2D eigenvalue weighted by molar-refractivity contribution is 6.08. The lowest BCUT2D eigenvalue weighted by molar-refractivity contribution is -0.141. The van der Waals surface area contributed by atoms with E-state index < -0.39 is 11.9 Å². The molecular formula is C12H13NO5. The molecule has 0 fully saturated rings. The molecule has 18 heavy (non-hydrogen) atoms. The highest BCUT2D eigenvalue weighted by Crippen LogP contribution is 2.04. The second kappa shape index (κ2) is 7.05. The maximum atomic E-state index is 11.2. The van der Waals surface area contributed by atoms with Crippen molar-refractivity contribution in [1.29, 1.82) is 0 Å². The molecule has 0 unspecified atom stereocenters. The topological polar surface area (TPSA) is 78.1 Å². The summed E-state index contributed by atoms with van der Waals surface area (Å²) in [5, 5.41) is 3.58. The second-order valence-electron chi connectivity index (χ2n) is 3.12. The molecule has 0 aliphatic rings. The SMILES string of the molecule is CCOC(=O)/C=C/C(=N\OC(C)=O)c1ccco1. The van der Waals surface area contributed by atoms with Gasteiger partial charge in [-0.1, -0.05) is 5.16 Å². The van der Waals surface area contributed by atoms with E-state index in [1.165, 1.54) is 25.3 Å². The maximum absolute atomic E-state index is 11.2. The highest BCUT2D eigenvalue weighted by Gasteiger charge is 2.06. The molecule has 6 nitrogen and oxygen atoms in total. The first kappa shape index (κ1) is 13.7. The molecule has 0 saturated carbocycles. The molecule has 6 heteroatoms. The lowest BCUT2D eigenvalue weighted by atomic mass is 10.2. The Labute approximate surface area is 104 Å². The Kier molecular flexibility index (Phi) is 5.37. The first-order valence-corrected chi connectivity index (χ1v) is 5.27. The van der Waals surface area contributed by atoms with Crippen molar-refractivity contribution in [2.45, 2.75) is 13.8 Å². The summed E-state index contributed by atoms with van der Waals surface area (Å²) in [6.07, 6.45) is 3.96. The predicted octanol–water partition coefficient (Wildman–Crippen LogP) is 1.67. The van der Waals surface area contributed by atoms with Crippen LogP contribution in [0.25, 0.3) is 0 Å². The Balaban J connectivity index is 2.82. The first-order chi connectivity index (χ1) is 8.63. The van der Waals surface area contributed by atoms with Gasteiger partial charge in [-0.3, -0.25) is 0 Å². The fourth-order valence-electron chi connectivity index (χ4n) is 1.03. The van der Waals surface area contributed by atoms with Gasteiger partial charge in [0.15, 0.2) is 5.76 Å². The molecule has 0 bridgehead atoms. The van der Waals surface area contributed by atoms with Crippen molar-refractivity contribution in [3.8, 4) is 0 Å². The fourth-order valence-corrected chi connectivity index (χ4v) is 1.03. The Morgan fingerprint density at radius 2 is 2.22 bits per heavy atom. The Hall–Kier alpha value is -2.37. The molecule has 1 heterocycles. The van der Waals surface area contributed by atoms with Crippen molar-refractivity contribution in [2.75, 3.05) is 6.61 Å². The van der Waals surface area contributed by atoms with E-state index in [2.05, 4.69) is 9.99 Å². The molecule has 0 aromatic carbocycles. The number of rotatable bonds is 5. The largest absolute Gasteiger partial charge is 0.463 e. The van der Waals surface area contributed by atoms with E-state index in [1.54, 1.807) is 19.1 Å². The van der Waals surface area contributed by atoms with E-state index in [-0.39, 0.29) is 12.3 Å². The van der Waals surface area contributed by atoms with Crippen LogP contribution in [0.4, 0.5) is 0 Å². The van der Waals surface area contributed by atoms with Crippen LogP contribution in [0.5, 0.6) is 0 Å². The van der Waals surface area contributed by atoms with Gasteiger partial charge in [0.1, 0.15) is 5.71 Å². The molecule has 0 aliphatic carbocycles. The monoisotopic (exact) mass is 251 g/mol. The van der Waals surface area contributed by atoms with Crippen LogP contribution in [0.1, 0.15) is 19.6 Å². The summed E-state index contributed by atoms with van der Waals surface area (Å²) in [6.45, 7) is 3.20. The van der Waals surface area contributed by atoms with Gasteiger partial charge < -0.3 is 14.0 Å². The van der Waals surface area contributed by atoms with Crippen molar-refractivity contribution in [3.63, 3.8) is 0 Å². The Morgan fingerprint density at radius 3 is 2.78 bits per heavy atom. The number of allylic oxidation sites excluding steroid dienone is 1. The summed E-state index contributed by atoms with van der Waals surface area (Å²) in [6, 6.07) is 3.27. The van der Waals surface area contributed by atoms with E-state index in [9.17, 15) is 9.59 Å². The van der Waals surface area contributed by atoms with E-state index in [4.69, 9.17) is 9.15 Å². The average molecular weight is 251 g/mol. The van der Waals surface area contributed by atoms with Gasteiger partial charge in [-0.2, -0.15) is 0 Å². The summed E-state index contributed by atoms with van der Waals surface area (Å²) >= 11 is 0. The third-order valence-electron chi connectivity index (χ3n) is 1.71. The van der Waals surface area contributed by atoms with Crippen LogP contribution >= 0.6 is 0 Å². The van der Waals surface area contributed by atoms with Crippen LogP contribution in [-0.2, 0) is 19.2 Å². The van der Waals surface area contributed by atoms with Gasteiger partial charge in [-0.25, -0.2) is 9.59 Å². The van der Waals surface area contributed by atoms with Crippen molar-refractivity contribution < 1.29 is 23.6 Å². The summed E-state index contributed by atoms with van der Waals surface area (Å²) in [4.78, 5) is 26.3. The number of furan rings is 1. The molecule has 0 N–H and O–H groups in total. The quantitative estimate of drug-likeness (QED) is 0.261. The molecule has 0 radical (unpaired) electrons. The minimum absolute atomic E-state index is 0.211. The summed E-state index contributed by atoms with van der Waals surface area (Å²) < 4.78 is 9.81. The number of ether oxygens (including phenoxy) is 1. The van der Waals surface area contributed by atoms with Gasteiger partial charge in [0.05, 0.1) is 12.9 Å². The second-order valence-corrected chi connectivity index (χ2v) is 3.12. The van der Waals surface area contributed by atoms with Crippen LogP contribution in [-0.4, -0.2) is 24.3 Å². The summed E-state index contributed by atoms with van der Waals surface area (Å²) in [5.74, 6) is -0.708. The van der Waals surface area contributed by atoms with Gasteiger partial charge in [0.2, 0.25) is 0 Å². The molecule has 96 valence electrons. The lowest BCUT2D eigenvalue weighted by Gasteiger charge is -1.97. The van der Waals surface area contributed by atoms with Crippen LogP contribution in [0.2, 0.25) is 0 Å². The van der Waals surface area contributed by atoms with Gasteiger partial charge in [-0.15, -0.1) is 0 Å². The molecule has 0 aliphatic heterocycles. The van der Waals surface area contributed by atoms with Crippen LogP contribution in [0.15, 0.2) is 40.1 Å². The minimum atomic E-state index is -0.566. The van der Waals surface area contributed by atoms with Crippen molar-refractivity contribution in [3.05, 3.63) is 36.3 Å². The first-order valence-electron chi connectivity index (χ1n) is 5.27. The van der Waals surface area contributed by atoms with Crippen LogP contribution < -0.4 is 0 Å². The average Bonchev–Trinajstić information content (AvgIpc) is 2.82. The van der Waals surface area contributed by atoms with E-state index in [0.717, 1.165) is 0 Å². The van der Waals surface area contributed by atoms with Gasteiger partial charge in [-0.05, 0) is 25.1 Å². The molecule has 0 saturated heterocycles. The van der Waals surface area contributed by atoms with Crippen LogP contribution in [0, 0.1) is 0 Å². The molecule has 0 atom stereocenters. The third kappa shape index (κ3) is 4.65. The van der Waals surface area contributed by atoms with Gasteiger partial charge >= 0.3 is 11.9 Å². The van der Waals surface area contributed by atoms with E-state index in [0.29, 0.717) is 5.76 Å². The summed E-state index contributed by atoms with van der Waals surface area (Å²) in [7, 11) is 0. The number of esters is 1. The number of hydrogen-bond acceptors (Lipinski definition) is 6. The standard InChI is InChI=1S/C12H13NO5/c1-3-16-12(15)7-6-10(13-18-9(2)14)11-5-4-8-17-11/h4-8H,3H2,1-2H3/b7-6+,13-10+. The maximum Gasteiger partial charge on any atom is 0.332 e. The molecule has 1 rings (SSSR count). The van der Waals surface area contributed by atoms with Crippen molar-refractivity contribution >= 4 is 17.7 Å². The van der Waals surface area contributed by atoms with Crippen molar-refractivity contribution in [2.24, 2.45) is 5.16 Å². The Morgan fingerprint density at radius 1 is 1.44 bits per heavy atom. The molecule has 0 amide bonds. The number of carbonyl (C=O) groups is 2. The molecular weight excluding hydrogens is 238 g/mol. The van der Waals surface area contributed by atoms with Gasteiger partial charge in [0.25, 0.3) is 0 Å². The smallest absolute Gasteiger partial charge is 0.332 e. The zero-order valence-electron chi connectivity index (χ0n) is 10.1. The fraction of sp³-hybridized carbons (Fsp3) is 0.250. The third-order valence-corrected chi connectivity index (χ3v) is 1.71. The summed E-state index contributed by atoms with van der Waals surface area (Å²) in [5.41, 5.74) is 0.211. The highest BCUT2D eigenvalue weighted by atomic mass is 16.7. The van der Waals surface area contributed by atoms with Gasteiger partial charge in [0, 0.05) is 13.0 Å². The number of hydrogen-bond donors (Lipinski definition) is 0. The number of nitrogens with zero attached hydrogens (tertiary/aromatic N) is 1. The number of carbonyl (C=O) groups excluding carboxylic acids is 2.